The van der Waals surface area contributed by atoms with Crippen molar-refractivity contribution in [2.45, 2.75) is 13.0 Å². The Labute approximate surface area is 169 Å². The minimum Gasteiger partial charge on any atom is -0.293 e. The molecule has 2 aromatic carbocycles. The van der Waals surface area contributed by atoms with E-state index in [1.54, 1.807) is 18.2 Å². The summed E-state index contributed by atoms with van der Waals surface area (Å²) in [5, 5.41) is 16.7. The standard InChI is InChI=1S/C19H13ClN4O5/c1-10(25)16-15-17(23(21-16)12-5-7-13(8-6-12)24(28)29)19(27)22(18(15)26)14-4-2-3-11(20)9-14/h2-9,15,17H,1H3/t15-,17+/m1/s1. The molecule has 2 aromatic rings. The molecule has 4 rings (SSSR count). The fourth-order valence-corrected chi connectivity index (χ4v) is 3.70. The number of fused-ring (bicyclic) bond motifs is 1. The van der Waals surface area contributed by atoms with Crippen LogP contribution in [0.4, 0.5) is 17.1 Å². The van der Waals surface area contributed by atoms with Crippen molar-refractivity contribution < 1.29 is 19.3 Å². The number of nitrogens with zero attached hydrogens (tertiary/aromatic N) is 4. The lowest BCUT2D eigenvalue weighted by molar-refractivity contribution is -0.384. The van der Waals surface area contributed by atoms with Gasteiger partial charge in [0.25, 0.3) is 11.6 Å². The molecule has 10 heteroatoms. The normalized spacial score (nSPS) is 20.7. The second-order valence-corrected chi connectivity index (χ2v) is 7.01. The molecule has 0 saturated carbocycles. The summed E-state index contributed by atoms with van der Waals surface area (Å²) in [5.74, 6) is -2.62. The van der Waals surface area contributed by atoms with E-state index in [9.17, 15) is 24.5 Å². The zero-order valence-corrected chi connectivity index (χ0v) is 15.7. The van der Waals surface area contributed by atoms with Gasteiger partial charge in [-0.2, -0.15) is 5.10 Å². The Kier molecular flexibility index (Phi) is 4.39. The number of halogens is 1. The summed E-state index contributed by atoms with van der Waals surface area (Å²) < 4.78 is 0. The Hall–Kier alpha value is -3.59. The van der Waals surface area contributed by atoms with Crippen molar-refractivity contribution in [3.63, 3.8) is 0 Å². The van der Waals surface area contributed by atoms with Crippen molar-refractivity contribution in [1.82, 2.24) is 0 Å². The Balaban J connectivity index is 1.78. The highest BCUT2D eigenvalue weighted by Crippen LogP contribution is 2.38. The van der Waals surface area contributed by atoms with Crippen LogP contribution in [0, 0.1) is 16.0 Å². The molecule has 29 heavy (non-hydrogen) atoms. The van der Waals surface area contributed by atoms with E-state index in [1.165, 1.54) is 42.3 Å². The van der Waals surface area contributed by atoms with Crippen LogP contribution in [0.25, 0.3) is 0 Å². The quantitative estimate of drug-likeness (QED) is 0.433. The van der Waals surface area contributed by atoms with Crippen LogP contribution >= 0.6 is 11.6 Å². The van der Waals surface area contributed by atoms with Crippen LogP contribution in [0.1, 0.15) is 6.92 Å². The molecule has 0 bridgehead atoms. The van der Waals surface area contributed by atoms with E-state index in [-0.39, 0.29) is 11.4 Å². The SMILES string of the molecule is CC(=O)C1=NN(c2ccc([N+](=O)[O-])cc2)[C@@H]2C(=O)N(c3cccc(Cl)c3)C(=O)[C@H]12. The van der Waals surface area contributed by atoms with Crippen LogP contribution in [0.5, 0.6) is 0 Å². The van der Waals surface area contributed by atoms with E-state index in [2.05, 4.69) is 5.10 Å². The Bertz CT molecular complexity index is 1100. The van der Waals surface area contributed by atoms with Crippen LogP contribution in [-0.4, -0.2) is 34.3 Å². The number of hydrogen-bond acceptors (Lipinski definition) is 7. The number of nitro groups is 1. The number of carbonyl (C=O) groups is 3. The van der Waals surface area contributed by atoms with Crippen LogP contribution in [-0.2, 0) is 14.4 Å². The smallest absolute Gasteiger partial charge is 0.269 e. The molecule has 2 aliphatic heterocycles. The zero-order valence-electron chi connectivity index (χ0n) is 15.0. The van der Waals surface area contributed by atoms with Gasteiger partial charge in [0.2, 0.25) is 5.91 Å². The molecular formula is C19H13ClN4O5. The van der Waals surface area contributed by atoms with Crippen molar-refractivity contribution in [3.05, 3.63) is 63.7 Å². The van der Waals surface area contributed by atoms with Gasteiger partial charge < -0.3 is 0 Å². The highest BCUT2D eigenvalue weighted by atomic mass is 35.5. The average Bonchev–Trinajstić information content (AvgIpc) is 3.19. The molecule has 0 aromatic heterocycles. The van der Waals surface area contributed by atoms with E-state index >= 15 is 0 Å². The number of non-ortho nitro benzene ring substituents is 1. The Morgan fingerprint density at radius 1 is 1.10 bits per heavy atom. The lowest BCUT2D eigenvalue weighted by Crippen LogP contribution is -2.39. The third-order valence-corrected chi connectivity index (χ3v) is 5.04. The van der Waals surface area contributed by atoms with Crippen molar-refractivity contribution in [2.75, 3.05) is 9.91 Å². The number of ketones is 1. The van der Waals surface area contributed by atoms with Crippen molar-refractivity contribution >= 4 is 52.0 Å². The van der Waals surface area contributed by atoms with E-state index in [1.807, 2.05) is 0 Å². The predicted molar refractivity (Wildman–Crippen MR) is 105 cm³/mol. The van der Waals surface area contributed by atoms with Gasteiger partial charge in [-0.15, -0.1) is 0 Å². The van der Waals surface area contributed by atoms with Gasteiger partial charge in [0.05, 0.1) is 16.3 Å². The number of Topliss-reactive ketones (excluding diaryl/α,β-unsaturated/α-hetero) is 1. The summed E-state index contributed by atoms with van der Waals surface area (Å²) >= 11 is 5.99. The number of nitro benzene ring substituents is 1. The molecule has 0 radical (unpaired) electrons. The molecule has 9 nitrogen and oxygen atoms in total. The topological polar surface area (TPSA) is 113 Å². The van der Waals surface area contributed by atoms with Crippen LogP contribution < -0.4 is 9.91 Å². The summed E-state index contributed by atoms with van der Waals surface area (Å²) in [4.78, 5) is 49.7. The molecule has 2 heterocycles. The third-order valence-electron chi connectivity index (χ3n) is 4.80. The monoisotopic (exact) mass is 412 g/mol. The molecule has 2 aliphatic rings. The van der Waals surface area contributed by atoms with Gasteiger partial charge in [0.15, 0.2) is 5.78 Å². The first kappa shape index (κ1) is 18.8. The van der Waals surface area contributed by atoms with E-state index < -0.39 is 34.5 Å². The number of rotatable bonds is 4. The number of anilines is 2. The van der Waals surface area contributed by atoms with Gasteiger partial charge in [0, 0.05) is 24.1 Å². The number of hydrazone groups is 1. The first-order valence-corrected chi connectivity index (χ1v) is 8.94. The lowest BCUT2D eigenvalue weighted by atomic mass is 9.95. The Morgan fingerprint density at radius 3 is 2.38 bits per heavy atom. The van der Waals surface area contributed by atoms with Crippen molar-refractivity contribution in [2.24, 2.45) is 11.0 Å². The molecule has 1 fully saturated rings. The zero-order chi connectivity index (χ0) is 20.9. The fraction of sp³-hybridized carbons (Fsp3) is 0.158. The first-order valence-electron chi connectivity index (χ1n) is 8.56. The molecule has 0 N–H and O–H groups in total. The fourth-order valence-electron chi connectivity index (χ4n) is 3.51. The molecule has 0 unspecified atom stereocenters. The van der Waals surface area contributed by atoms with E-state index in [0.717, 1.165) is 4.90 Å². The molecular weight excluding hydrogens is 400 g/mol. The van der Waals surface area contributed by atoms with Gasteiger partial charge in [0.1, 0.15) is 17.7 Å². The van der Waals surface area contributed by atoms with Gasteiger partial charge in [-0.25, -0.2) is 4.90 Å². The largest absolute Gasteiger partial charge is 0.293 e. The van der Waals surface area contributed by atoms with E-state index in [4.69, 9.17) is 11.6 Å². The maximum atomic E-state index is 13.2. The van der Waals surface area contributed by atoms with Crippen LogP contribution in [0.15, 0.2) is 53.6 Å². The van der Waals surface area contributed by atoms with Crippen LogP contribution in [0.2, 0.25) is 5.02 Å². The average molecular weight is 413 g/mol. The van der Waals surface area contributed by atoms with Crippen molar-refractivity contribution in [3.8, 4) is 0 Å². The molecule has 146 valence electrons. The second kappa shape index (κ2) is 6.78. The highest BCUT2D eigenvalue weighted by molar-refractivity contribution is 6.49. The molecule has 1 saturated heterocycles. The summed E-state index contributed by atoms with van der Waals surface area (Å²) in [6, 6.07) is 10.6. The molecule has 0 aliphatic carbocycles. The summed E-state index contributed by atoms with van der Waals surface area (Å²) in [6.45, 7) is 1.27. The van der Waals surface area contributed by atoms with Gasteiger partial charge in [-0.05, 0) is 30.3 Å². The Morgan fingerprint density at radius 2 is 1.79 bits per heavy atom. The second-order valence-electron chi connectivity index (χ2n) is 6.57. The summed E-state index contributed by atoms with van der Waals surface area (Å²) in [5.41, 5.74) is 0.496. The van der Waals surface area contributed by atoms with Crippen LogP contribution in [0.3, 0.4) is 0 Å². The minimum atomic E-state index is -1.06. The number of carbonyl (C=O) groups excluding carboxylic acids is 3. The first-order chi connectivity index (χ1) is 13.8. The number of hydrogen-bond donors (Lipinski definition) is 0. The van der Waals surface area contributed by atoms with Gasteiger partial charge >= 0.3 is 0 Å². The summed E-state index contributed by atoms with van der Waals surface area (Å²) in [7, 11) is 0. The maximum absolute atomic E-state index is 13.2. The molecule has 2 amide bonds. The van der Waals surface area contributed by atoms with Gasteiger partial charge in [-0.1, -0.05) is 17.7 Å². The summed E-state index contributed by atoms with van der Waals surface area (Å²) in [6.07, 6.45) is 0. The van der Waals surface area contributed by atoms with E-state index in [0.29, 0.717) is 16.4 Å². The maximum Gasteiger partial charge on any atom is 0.269 e. The van der Waals surface area contributed by atoms with Gasteiger partial charge in [-0.3, -0.25) is 29.5 Å². The van der Waals surface area contributed by atoms with Crippen molar-refractivity contribution in [1.29, 1.82) is 0 Å². The lowest BCUT2D eigenvalue weighted by Gasteiger charge is -2.22. The predicted octanol–water partition coefficient (Wildman–Crippen LogP) is 2.57. The molecule has 2 atom stereocenters. The third kappa shape index (κ3) is 2.95. The number of benzene rings is 2. The highest BCUT2D eigenvalue weighted by Gasteiger charge is 2.58. The number of amides is 2. The molecule has 0 spiro atoms. The minimum absolute atomic E-state index is 0.0313. The number of imide groups is 1.